The maximum absolute atomic E-state index is 14.9. The van der Waals surface area contributed by atoms with E-state index in [9.17, 15) is 9.59 Å². The summed E-state index contributed by atoms with van der Waals surface area (Å²) in [4.78, 5) is 44.1. The van der Waals surface area contributed by atoms with Gasteiger partial charge in [0.25, 0.3) is 11.5 Å². The van der Waals surface area contributed by atoms with Crippen LogP contribution in [0.3, 0.4) is 0 Å². The SMILES string of the molecule is CCC(OCNc1ccc(OC(C)C)c(NC(=O)C(c2nc3ccccc3c(=O)n2N(C)C)n2ccnc2NOCc2ccccc2)c1)Oc1ccc(C)cc1C. The summed E-state index contributed by atoms with van der Waals surface area (Å²) in [5.41, 5.74) is 7.17. The number of aromatic nitrogens is 4. The van der Waals surface area contributed by atoms with Crippen LogP contribution in [0, 0.1) is 13.8 Å². The third-order valence-electron chi connectivity index (χ3n) is 8.93. The molecule has 0 spiro atoms. The lowest BCUT2D eigenvalue weighted by Gasteiger charge is -2.27. The lowest BCUT2D eigenvalue weighted by molar-refractivity contribution is -0.118. The van der Waals surface area contributed by atoms with Crippen LogP contribution in [-0.2, 0) is 21.0 Å². The number of rotatable bonds is 18. The van der Waals surface area contributed by atoms with E-state index in [0.29, 0.717) is 34.4 Å². The van der Waals surface area contributed by atoms with Gasteiger partial charge >= 0.3 is 0 Å². The second-order valence-corrected chi connectivity index (χ2v) is 14.0. The highest BCUT2D eigenvalue weighted by Gasteiger charge is 2.32. The fourth-order valence-corrected chi connectivity index (χ4v) is 6.25. The lowest BCUT2D eigenvalue weighted by Crippen LogP contribution is -2.43. The Balaban J connectivity index is 1.32. The van der Waals surface area contributed by atoms with Crippen molar-refractivity contribution in [3.8, 4) is 11.5 Å². The molecule has 2 aromatic heterocycles. The van der Waals surface area contributed by atoms with Gasteiger partial charge in [-0.3, -0.25) is 19.0 Å². The van der Waals surface area contributed by atoms with Crippen molar-refractivity contribution >= 4 is 34.1 Å². The van der Waals surface area contributed by atoms with E-state index in [1.165, 1.54) is 4.68 Å². The Morgan fingerprint density at radius 3 is 2.40 bits per heavy atom. The molecular formula is C43H50N8O6. The van der Waals surface area contributed by atoms with Gasteiger partial charge < -0.3 is 29.9 Å². The van der Waals surface area contributed by atoms with Crippen molar-refractivity contribution in [1.29, 1.82) is 0 Å². The first-order valence-corrected chi connectivity index (χ1v) is 18.9. The number of anilines is 3. The molecule has 298 valence electrons. The fourth-order valence-electron chi connectivity index (χ4n) is 6.25. The molecule has 0 fully saturated rings. The van der Waals surface area contributed by atoms with Crippen LogP contribution in [0.1, 0.15) is 55.7 Å². The maximum atomic E-state index is 14.9. The number of carbonyl (C=O) groups is 1. The van der Waals surface area contributed by atoms with Gasteiger partial charge in [-0.2, -0.15) is 0 Å². The van der Waals surface area contributed by atoms with Crippen molar-refractivity contribution in [1.82, 2.24) is 19.2 Å². The molecule has 4 aromatic carbocycles. The number of aryl methyl sites for hydroxylation is 2. The van der Waals surface area contributed by atoms with Crippen molar-refractivity contribution in [2.24, 2.45) is 0 Å². The highest BCUT2D eigenvalue weighted by molar-refractivity contribution is 5.97. The number of fused-ring (bicyclic) bond motifs is 1. The first kappa shape index (κ1) is 40.3. The molecule has 0 bridgehead atoms. The molecular weight excluding hydrogens is 725 g/mol. The smallest absolute Gasteiger partial charge is 0.280 e. The molecule has 3 N–H and O–H groups in total. The third-order valence-corrected chi connectivity index (χ3v) is 8.93. The van der Waals surface area contributed by atoms with Crippen molar-refractivity contribution in [2.75, 3.05) is 41.9 Å². The zero-order valence-electron chi connectivity index (χ0n) is 33.4. The predicted molar refractivity (Wildman–Crippen MR) is 222 cm³/mol. The lowest BCUT2D eigenvalue weighted by atomic mass is 10.1. The molecule has 0 aliphatic carbocycles. The van der Waals surface area contributed by atoms with Gasteiger partial charge in [-0.25, -0.2) is 20.1 Å². The summed E-state index contributed by atoms with van der Waals surface area (Å²) in [6.45, 7) is 10.2. The average molecular weight is 775 g/mol. The molecule has 0 saturated carbocycles. The molecule has 0 radical (unpaired) electrons. The Morgan fingerprint density at radius 2 is 1.67 bits per heavy atom. The van der Waals surface area contributed by atoms with Gasteiger partial charge in [0.05, 0.1) is 29.3 Å². The second kappa shape index (κ2) is 18.5. The Bertz CT molecular complexity index is 2340. The fraction of sp³-hybridized carbons (Fsp3) is 0.302. The third kappa shape index (κ3) is 9.90. The molecule has 0 aliphatic heterocycles. The van der Waals surface area contributed by atoms with E-state index in [2.05, 4.69) is 27.2 Å². The van der Waals surface area contributed by atoms with Crippen molar-refractivity contribution in [3.05, 3.63) is 136 Å². The normalized spacial score (nSPS) is 12.3. The second-order valence-electron chi connectivity index (χ2n) is 14.0. The first-order chi connectivity index (χ1) is 27.5. The summed E-state index contributed by atoms with van der Waals surface area (Å²) in [5.74, 6) is 1.06. The summed E-state index contributed by atoms with van der Waals surface area (Å²) < 4.78 is 21.3. The molecule has 6 rings (SSSR count). The number of amides is 1. The zero-order chi connectivity index (χ0) is 40.5. The molecule has 14 nitrogen and oxygen atoms in total. The highest BCUT2D eigenvalue weighted by atomic mass is 16.7. The monoisotopic (exact) mass is 774 g/mol. The van der Waals surface area contributed by atoms with Crippen LogP contribution < -0.4 is 36.2 Å². The van der Waals surface area contributed by atoms with E-state index >= 15 is 0 Å². The summed E-state index contributed by atoms with van der Waals surface area (Å²) >= 11 is 0. The minimum Gasteiger partial charge on any atom is -0.489 e. The van der Waals surface area contributed by atoms with Crippen LogP contribution in [0.25, 0.3) is 10.9 Å². The number of hydrogen-bond acceptors (Lipinski definition) is 11. The number of benzene rings is 4. The van der Waals surface area contributed by atoms with Gasteiger partial charge in [0, 0.05) is 38.6 Å². The summed E-state index contributed by atoms with van der Waals surface area (Å²) in [6, 6.07) is 26.9. The molecule has 2 atom stereocenters. The van der Waals surface area contributed by atoms with Gasteiger partial charge in [0.15, 0.2) is 11.9 Å². The quantitative estimate of drug-likeness (QED) is 0.0604. The minimum absolute atomic E-state index is 0.132. The van der Waals surface area contributed by atoms with Crippen LogP contribution in [0.4, 0.5) is 17.3 Å². The molecule has 2 heterocycles. The van der Waals surface area contributed by atoms with Gasteiger partial charge in [-0.15, -0.1) is 0 Å². The van der Waals surface area contributed by atoms with E-state index in [4.69, 9.17) is 24.0 Å². The standard InChI is InChI=1S/C43H50N8O6/c1-8-38(57-36-20-18-29(4)24-30(36)5)54-27-45-32-19-21-37(56-28(2)3)35(25-32)47-41(52)39(40-46-34-17-13-12-16-33(34)42(53)51(40)49(6)7)50-23-22-44-43(50)48-55-26-31-14-10-9-11-15-31/h9-25,28,38-39,45H,8,26-27H2,1-7H3,(H,44,48)(H,47,52). The van der Waals surface area contributed by atoms with E-state index in [1.54, 1.807) is 72.5 Å². The van der Waals surface area contributed by atoms with Crippen LogP contribution in [0.15, 0.2) is 108 Å². The van der Waals surface area contributed by atoms with E-state index < -0.39 is 18.2 Å². The van der Waals surface area contributed by atoms with E-state index in [-0.39, 0.29) is 36.8 Å². The van der Waals surface area contributed by atoms with Crippen LogP contribution in [0.2, 0.25) is 0 Å². The Hall–Kier alpha value is -6.38. The highest BCUT2D eigenvalue weighted by Crippen LogP contribution is 2.32. The number of nitrogens with one attached hydrogen (secondary N) is 3. The summed E-state index contributed by atoms with van der Waals surface area (Å²) in [5, 5.41) is 8.36. The zero-order valence-corrected chi connectivity index (χ0v) is 33.4. The Labute approximate surface area is 332 Å². The number of carbonyl (C=O) groups excluding carboxylic acids is 1. The first-order valence-electron chi connectivity index (χ1n) is 18.9. The molecule has 6 aromatic rings. The minimum atomic E-state index is -1.23. The van der Waals surface area contributed by atoms with Crippen LogP contribution in [0.5, 0.6) is 11.5 Å². The van der Waals surface area contributed by atoms with Gasteiger partial charge in [0.2, 0.25) is 12.2 Å². The topological polar surface area (TPSA) is 146 Å². The molecule has 57 heavy (non-hydrogen) atoms. The van der Waals surface area contributed by atoms with Crippen LogP contribution in [-0.4, -0.2) is 58.3 Å². The number of para-hydroxylation sites is 1. The number of ether oxygens (including phenoxy) is 3. The Kier molecular flexibility index (Phi) is 13.1. The summed E-state index contributed by atoms with van der Waals surface area (Å²) in [7, 11) is 3.43. The molecule has 1 amide bonds. The Morgan fingerprint density at radius 1 is 0.912 bits per heavy atom. The molecule has 14 heteroatoms. The number of nitrogens with zero attached hydrogens (tertiary/aromatic N) is 5. The van der Waals surface area contributed by atoms with Gasteiger partial charge in [0.1, 0.15) is 18.2 Å². The largest absolute Gasteiger partial charge is 0.489 e. The number of imidazole rings is 1. The van der Waals surface area contributed by atoms with E-state index in [0.717, 1.165) is 22.4 Å². The summed E-state index contributed by atoms with van der Waals surface area (Å²) in [6.07, 6.45) is 3.12. The van der Waals surface area contributed by atoms with Crippen molar-refractivity contribution < 1.29 is 23.8 Å². The molecule has 0 aliphatic rings. The maximum Gasteiger partial charge on any atom is 0.280 e. The van der Waals surface area contributed by atoms with Gasteiger partial charge in [-0.05, 0) is 75.2 Å². The van der Waals surface area contributed by atoms with Crippen LogP contribution >= 0.6 is 0 Å². The van der Waals surface area contributed by atoms with Gasteiger partial charge in [-0.1, -0.05) is 67.1 Å². The molecule has 2 unspecified atom stereocenters. The predicted octanol–water partition coefficient (Wildman–Crippen LogP) is 7.17. The van der Waals surface area contributed by atoms with Crippen molar-refractivity contribution in [2.45, 2.75) is 66.1 Å². The molecule has 0 saturated heterocycles. The average Bonchev–Trinajstić information content (AvgIpc) is 3.64. The van der Waals surface area contributed by atoms with E-state index in [1.807, 2.05) is 83.1 Å². The van der Waals surface area contributed by atoms with Crippen molar-refractivity contribution in [3.63, 3.8) is 0 Å². The number of hydrogen-bond donors (Lipinski definition) is 3.